The monoisotopic (exact) mass is 315 g/mol. The summed E-state index contributed by atoms with van der Waals surface area (Å²) in [5, 5.41) is 13.8. The molecule has 1 amide bonds. The van der Waals surface area contributed by atoms with Crippen LogP contribution < -0.4 is 5.14 Å². The van der Waals surface area contributed by atoms with Gasteiger partial charge in [-0.2, -0.15) is 0 Å². The predicted octanol–water partition coefficient (Wildman–Crippen LogP) is -0.248. The number of hydrogen-bond acceptors (Lipinski definition) is 4. The molecule has 0 aromatic carbocycles. The van der Waals surface area contributed by atoms with E-state index in [9.17, 15) is 18.0 Å². The van der Waals surface area contributed by atoms with Gasteiger partial charge in [0.25, 0.3) is 5.91 Å². The molecule has 0 spiro atoms. The van der Waals surface area contributed by atoms with Crippen LogP contribution in [0.2, 0.25) is 0 Å². The second kappa shape index (κ2) is 5.49. The molecule has 116 valence electrons. The molecule has 1 saturated carbocycles. The van der Waals surface area contributed by atoms with Crippen molar-refractivity contribution in [2.45, 2.75) is 30.2 Å². The van der Waals surface area contributed by atoms with Crippen molar-refractivity contribution in [2.24, 2.45) is 12.2 Å². The minimum atomic E-state index is -3.88. The Bertz CT molecular complexity index is 675. The lowest BCUT2D eigenvalue weighted by molar-refractivity contribution is -0.137. The minimum absolute atomic E-state index is 0.0321. The lowest BCUT2D eigenvalue weighted by Crippen LogP contribution is -2.36. The molecule has 0 aliphatic heterocycles. The molecule has 1 aromatic rings. The maximum Gasteiger partial charge on any atom is 0.305 e. The van der Waals surface area contributed by atoms with E-state index in [-0.39, 0.29) is 35.5 Å². The second-order valence-corrected chi connectivity index (χ2v) is 6.65. The normalized spacial score (nSPS) is 15.0. The fourth-order valence-corrected chi connectivity index (χ4v) is 2.68. The van der Waals surface area contributed by atoms with Crippen LogP contribution in [-0.4, -0.2) is 47.5 Å². The highest BCUT2D eigenvalue weighted by Crippen LogP contribution is 2.29. The van der Waals surface area contributed by atoms with E-state index in [2.05, 4.69) is 0 Å². The zero-order chi connectivity index (χ0) is 15.8. The van der Waals surface area contributed by atoms with Gasteiger partial charge in [-0.05, 0) is 18.9 Å². The molecular weight excluding hydrogens is 298 g/mol. The predicted molar refractivity (Wildman–Crippen MR) is 73.1 cm³/mol. The first-order chi connectivity index (χ1) is 9.70. The largest absolute Gasteiger partial charge is 0.481 e. The van der Waals surface area contributed by atoms with Crippen molar-refractivity contribution in [3.8, 4) is 0 Å². The van der Waals surface area contributed by atoms with Gasteiger partial charge in [-0.1, -0.05) is 0 Å². The number of aliphatic carboxylic acids is 1. The molecule has 0 bridgehead atoms. The quantitative estimate of drug-likeness (QED) is 0.749. The molecule has 1 aliphatic rings. The fourth-order valence-electron chi connectivity index (χ4n) is 2.10. The lowest BCUT2D eigenvalue weighted by Gasteiger charge is -2.21. The van der Waals surface area contributed by atoms with Gasteiger partial charge in [-0.25, -0.2) is 13.6 Å². The number of nitrogens with two attached hydrogens (primary N) is 1. The van der Waals surface area contributed by atoms with Crippen LogP contribution in [0.4, 0.5) is 0 Å². The first-order valence-corrected chi connectivity index (χ1v) is 7.96. The number of aromatic nitrogens is 1. The number of amides is 1. The van der Waals surface area contributed by atoms with Gasteiger partial charge in [0, 0.05) is 25.8 Å². The Morgan fingerprint density at radius 2 is 2.10 bits per heavy atom. The Balaban J connectivity index is 2.24. The number of hydrogen-bond donors (Lipinski definition) is 2. The summed E-state index contributed by atoms with van der Waals surface area (Å²) in [6.45, 7) is 0.106. The zero-order valence-electron chi connectivity index (χ0n) is 11.5. The standard InChI is InChI=1S/C12H17N3O5S/c1-14-7-9(21(13,19)20)6-10(14)12(18)15(8-2-3-8)5-4-11(16)17/h6-8H,2-5H2,1H3,(H,16,17)(H2,13,19,20). The van der Waals surface area contributed by atoms with Gasteiger partial charge in [0.2, 0.25) is 10.0 Å². The summed E-state index contributed by atoms with van der Waals surface area (Å²) >= 11 is 0. The lowest BCUT2D eigenvalue weighted by atomic mass is 10.3. The molecule has 1 fully saturated rings. The van der Waals surface area contributed by atoms with E-state index in [4.69, 9.17) is 10.2 Å². The molecular formula is C12H17N3O5S. The van der Waals surface area contributed by atoms with Crippen LogP contribution in [0.15, 0.2) is 17.2 Å². The molecule has 1 aliphatic carbocycles. The molecule has 2 rings (SSSR count). The van der Waals surface area contributed by atoms with Crippen molar-refractivity contribution in [1.29, 1.82) is 0 Å². The summed E-state index contributed by atoms with van der Waals surface area (Å²) < 4.78 is 24.0. The van der Waals surface area contributed by atoms with Crippen LogP contribution in [0.3, 0.4) is 0 Å². The van der Waals surface area contributed by atoms with Crippen LogP contribution in [0.5, 0.6) is 0 Å². The van der Waals surface area contributed by atoms with Crippen LogP contribution in [-0.2, 0) is 21.9 Å². The van der Waals surface area contributed by atoms with Crippen molar-refractivity contribution >= 4 is 21.9 Å². The molecule has 0 radical (unpaired) electrons. The van der Waals surface area contributed by atoms with Crippen molar-refractivity contribution in [1.82, 2.24) is 9.47 Å². The minimum Gasteiger partial charge on any atom is -0.481 e. The molecule has 21 heavy (non-hydrogen) atoms. The average molecular weight is 315 g/mol. The van der Waals surface area contributed by atoms with E-state index in [0.29, 0.717) is 0 Å². The first kappa shape index (κ1) is 15.5. The van der Waals surface area contributed by atoms with Gasteiger partial charge in [0.05, 0.1) is 6.42 Å². The first-order valence-electron chi connectivity index (χ1n) is 6.42. The second-order valence-electron chi connectivity index (χ2n) is 5.09. The van der Waals surface area contributed by atoms with E-state index < -0.39 is 16.0 Å². The number of carbonyl (C=O) groups is 2. The third-order valence-corrected chi connectivity index (χ3v) is 4.22. The van der Waals surface area contributed by atoms with Gasteiger partial charge in [-0.3, -0.25) is 9.59 Å². The van der Waals surface area contributed by atoms with Gasteiger partial charge >= 0.3 is 5.97 Å². The number of primary sulfonamides is 1. The van der Waals surface area contributed by atoms with E-state index in [1.165, 1.54) is 21.7 Å². The summed E-state index contributed by atoms with van der Waals surface area (Å²) in [5.74, 6) is -1.36. The Morgan fingerprint density at radius 3 is 2.52 bits per heavy atom. The van der Waals surface area contributed by atoms with E-state index >= 15 is 0 Å². The van der Waals surface area contributed by atoms with Gasteiger partial charge in [0.15, 0.2) is 0 Å². The number of carbonyl (C=O) groups excluding carboxylic acids is 1. The number of carboxylic acid groups (broad SMARTS) is 1. The molecule has 0 unspecified atom stereocenters. The number of nitrogens with zero attached hydrogens (tertiary/aromatic N) is 2. The topological polar surface area (TPSA) is 123 Å². The van der Waals surface area contributed by atoms with E-state index in [0.717, 1.165) is 12.8 Å². The Hall–Kier alpha value is -1.87. The molecule has 0 atom stereocenters. The highest BCUT2D eigenvalue weighted by Gasteiger charge is 2.34. The number of sulfonamides is 1. The Kier molecular flexibility index (Phi) is 4.06. The fraction of sp³-hybridized carbons (Fsp3) is 0.500. The summed E-state index contributed by atoms with van der Waals surface area (Å²) in [4.78, 5) is 24.5. The zero-order valence-corrected chi connectivity index (χ0v) is 12.3. The highest BCUT2D eigenvalue weighted by molar-refractivity contribution is 7.89. The SMILES string of the molecule is Cn1cc(S(N)(=O)=O)cc1C(=O)N(CCC(=O)O)C1CC1. The Labute approximate surface area is 122 Å². The smallest absolute Gasteiger partial charge is 0.305 e. The maximum atomic E-state index is 12.5. The van der Waals surface area contributed by atoms with Crippen LogP contribution in [0, 0.1) is 0 Å². The molecule has 8 nitrogen and oxygen atoms in total. The molecule has 9 heteroatoms. The van der Waals surface area contributed by atoms with E-state index in [1.54, 1.807) is 7.05 Å². The van der Waals surface area contributed by atoms with Crippen LogP contribution in [0.1, 0.15) is 29.8 Å². The average Bonchev–Trinajstić information content (AvgIpc) is 3.09. The van der Waals surface area contributed by atoms with Crippen molar-refractivity contribution in [2.75, 3.05) is 6.54 Å². The summed E-state index contributed by atoms with van der Waals surface area (Å²) in [7, 11) is -2.33. The Morgan fingerprint density at radius 1 is 1.48 bits per heavy atom. The number of carboxylic acids is 1. The van der Waals surface area contributed by atoms with Crippen LogP contribution >= 0.6 is 0 Å². The number of rotatable bonds is 6. The number of aryl methyl sites for hydroxylation is 1. The van der Waals surface area contributed by atoms with Crippen molar-refractivity contribution in [3.63, 3.8) is 0 Å². The summed E-state index contributed by atoms with van der Waals surface area (Å²) in [5.41, 5.74) is 0.177. The molecule has 3 N–H and O–H groups in total. The third kappa shape index (κ3) is 3.61. The summed E-state index contributed by atoms with van der Waals surface area (Å²) in [6.07, 6.45) is 2.79. The van der Waals surface area contributed by atoms with Gasteiger partial charge in [-0.15, -0.1) is 0 Å². The third-order valence-electron chi connectivity index (χ3n) is 3.34. The van der Waals surface area contributed by atoms with Crippen LogP contribution in [0.25, 0.3) is 0 Å². The molecule has 1 heterocycles. The van der Waals surface area contributed by atoms with Crippen molar-refractivity contribution < 1.29 is 23.1 Å². The molecule has 1 aromatic heterocycles. The van der Waals surface area contributed by atoms with E-state index in [1.807, 2.05) is 0 Å². The van der Waals surface area contributed by atoms with Crippen molar-refractivity contribution in [3.05, 3.63) is 18.0 Å². The highest BCUT2D eigenvalue weighted by atomic mass is 32.2. The summed E-state index contributed by atoms with van der Waals surface area (Å²) in [6, 6.07) is 1.25. The van der Waals surface area contributed by atoms with Gasteiger partial charge in [0.1, 0.15) is 10.6 Å². The molecule has 0 saturated heterocycles. The van der Waals surface area contributed by atoms with Gasteiger partial charge < -0.3 is 14.6 Å². The maximum absolute atomic E-state index is 12.5.